The number of rotatable bonds is 7. The van der Waals surface area contributed by atoms with Gasteiger partial charge in [0.25, 0.3) is 5.91 Å². The molecule has 24 heavy (non-hydrogen) atoms. The lowest BCUT2D eigenvalue weighted by molar-refractivity contribution is 0.0953. The zero-order valence-electron chi connectivity index (χ0n) is 15.0. The molecule has 2 rings (SSSR count). The maximum absolute atomic E-state index is 12.0. The smallest absolute Gasteiger partial charge is 0.252 e. The Hall–Kier alpha value is -2.36. The van der Waals surface area contributed by atoms with E-state index in [-0.39, 0.29) is 5.91 Å². The largest absolute Gasteiger partial charge is 0.352 e. The molecule has 128 valence electrons. The predicted molar refractivity (Wildman–Crippen MR) is 100 cm³/mol. The first-order chi connectivity index (χ1) is 11.5. The maximum atomic E-state index is 12.0. The molecule has 1 aromatic heterocycles. The summed E-state index contributed by atoms with van der Waals surface area (Å²) in [5.74, 6) is 1.11. The highest BCUT2D eigenvalue weighted by Gasteiger charge is 2.10. The highest BCUT2D eigenvalue weighted by Crippen LogP contribution is 2.29. The molecule has 0 saturated carbocycles. The van der Waals surface area contributed by atoms with Crippen LogP contribution in [0.1, 0.15) is 61.0 Å². The average Bonchev–Trinajstić information content (AvgIpc) is 2.57. The summed E-state index contributed by atoms with van der Waals surface area (Å²) in [6.07, 6.45) is 3.68. The molecule has 0 aliphatic rings. The number of carbonyl (C=O) groups excluding carboxylic acids is 1. The first-order valence-corrected chi connectivity index (χ1v) is 8.63. The van der Waals surface area contributed by atoms with E-state index in [0.29, 0.717) is 18.0 Å². The first-order valence-electron chi connectivity index (χ1n) is 8.63. The second-order valence-corrected chi connectivity index (χ2v) is 6.36. The number of para-hydroxylation sites is 1. The first kappa shape index (κ1) is 18.0. The van der Waals surface area contributed by atoms with Crippen molar-refractivity contribution in [1.82, 2.24) is 10.3 Å². The van der Waals surface area contributed by atoms with Gasteiger partial charge in [-0.2, -0.15) is 0 Å². The van der Waals surface area contributed by atoms with Crippen LogP contribution in [0.3, 0.4) is 0 Å². The highest BCUT2D eigenvalue weighted by molar-refractivity contribution is 5.94. The zero-order chi connectivity index (χ0) is 17.5. The third-order valence-corrected chi connectivity index (χ3v) is 4.02. The molecule has 0 fully saturated rings. The summed E-state index contributed by atoms with van der Waals surface area (Å²) >= 11 is 0. The number of aryl methyl sites for hydroxylation is 1. The molecule has 4 nitrogen and oxygen atoms in total. The molecule has 0 saturated heterocycles. The lowest BCUT2D eigenvalue weighted by Gasteiger charge is -2.17. The highest BCUT2D eigenvalue weighted by atomic mass is 16.1. The number of anilines is 2. The van der Waals surface area contributed by atoms with Crippen LogP contribution >= 0.6 is 0 Å². The fourth-order valence-corrected chi connectivity index (χ4v) is 2.55. The molecule has 4 heteroatoms. The van der Waals surface area contributed by atoms with Crippen molar-refractivity contribution in [3.63, 3.8) is 0 Å². The Kier molecular flexibility index (Phi) is 6.36. The summed E-state index contributed by atoms with van der Waals surface area (Å²) in [5, 5.41) is 6.30. The van der Waals surface area contributed by atoms with Crippen molar-refractivity contribution in [3.05, 3.63) is 53.2 Å². The Morgan fingerprint density at radius 1 is 1.21 bits per heavy atom. The molecule has 0 aliphatic heterocycles. The van der Waals surface area contributed by atoms with Gasteiger partial charge in [0, 0.05) is 18.4 Å². The van der Waals surface area contributed by atoms with Gasteiger partial charge < -0.3 is 10.6 Å². The van der Waals surface area contributed by atoms with Crippen LogP contribution in [0.2, 0.25) is 0 Å². The summed E-state index contributed by atoms with van der Waals surface area (Å²) in [4.78, 5) is 16.4. The quantitative estimate of drug-likeness (QED) is 0.720. The van der Waals surface area contributed by atoms with Gasteiger partial charge >= 0.3 is 0 Å². The molecule has 0 aliphatic carbocycles. The number of carbonyl (C=O) groups is 1. The van der Waals surface area contributed by atoms with Gasteiger partial charge in [0.2, 0.25) is 0 Å². The summed E-state index contributed by atoms with van der Waals surface area (Å²) in [6.45, 7) is 9.25. The molecule has 0 radical (unpaired) electrons. The monoisotopic (exact) mass is 325 g/mol. The van der Waals surface area contributed by atoms with E-state index in [9.17, 15) is 4.79 Å². The van der Waals surface area contributed by atoms with Crippen LogP contribution < -0.4 is 10.6 Å². The number of amides is 1. The number of benzene rings is 1. The fourth-order valence-electron chi connectivity index (χ4n) is 2.55. The van der Waals surface area contributed by atoms with Crippen LogP contribution in [0.15, 0.2) is 36.5 Å². The summed E-state index contributed by atoms with van der Waals surface area (Å²) < 4.78 is 0. The molecule has 0 spiro atoms. The average molecular weight is 325 g/mol. The van der Waals surface area contributed by atoms with Crippen molar-refractivity contribution in [3.8, 4) is 0 Å². The minimum atomic E-state index is -0.0683. The van der Waals surface area contributed by atoms with Gasteiger partial charge in [-0.3, -0.25) is 4.79 Å². The van der Waals surface area contributed by atoms with Gasteiger partial charge in [0.15, 0.2) is 0 Å². The van der Waals surface area contributed by atoms with Crippen molar-refractivity contribution in [2.75, 3.05) is 11.9 Å². The molecule has 2 aromatic rings. The number of hydrogen-bond acceptors (Lipinski definition) is 3. The van der Waals surface area contributed by atoms with Crippen LogP contribution in [-0.4, -0.2) is 17.4 Å². The Labute approximate surface area is 144 Å². The standard InChI is InChI=1S/C20H27N3O/c1-5-6-12-21-20(24)16-10-11-18(22-13-16)23-19-15(4)8-7-9-17(19)14(2)3/h7-11,13-14H,5-6,12H2,1-4H3,(H,21,24)(H,22,23). The number of nitrogens with zero attached hydrogens (tertiary/aromatic N) is 1. The lowest BCUT2D eigenvalue weighted by Crippen LogP contribution is -2.24. The SMILES string of the molecule is CCCCNC(=O)c1ccc(Nc2c(C)cccc2C(C)C)nc1. The van der Waals surface area contributed by atoms with Gasteiger partial charge in [-0.25, -0.2) is 4.98 Å². The van der Waals surface area contributed by atoms with Gasteiger partial charge in [-0.1, -0.05) is 45.4 Å². The van der Waals surface area contributed by atoms with E-state index in [1.165, 1.54) is 11.1 Å². The molecule has 0 unspecified atom stereocenters. The number of pyridine rings is 1. The van der Waals surface area contributed by atoms with Gasteiger partial charge in [-0.15, -0.1) is 0 Å². The second kappa shape index (κ2) is 8.48. The number of aromatic nitrogens is 1. The summed E-state index contributed by atoms with van der Waals surface area (Å²) in [5.41, 5.74) is 4.13. The third kappa shape index (κ3) is 4.57. The summed E-state index contributed by atoms with van der Waals surface area (Å²) in [7, 11) is 0. The third-order valence-electron chi connectivity index (χ3n) is 4.02. The number of unbranched alkanes of at least 4 members (excludes halogenated alkanes) is 1. The minimum absolute atomic E-state index is 0.0683. The van der Waals surface area contributed by atoms with E-state index >= 15 is 0 Å². The topological polar surface area (TPSA) is 54.0 Å². The van der Waals surface area contributed by atoms with Crippen molar-refractivity contribution >= 4 is 17.4 Å². The molecular formula is C20H27N3O. The number of hydrogen-bond donors (Lipinski definition) is 2. The van der Waals surface area contributed by atoms with E-state index in [1.807, 2.05) is 12.1 Å². The zero-order valence-corrected chi connectivity index (χ0v) is 15.0. The van der Waals surface area contributed by atoms with Crippen LogP contribution in [-0.2, 0) is 0 Å². The van der Waals surface area contributed by atoms with E-state index < -0.39 is 0 Å². The van der Waals surface area contributed by atoms with E-state index in [2.05, 4.69) is 61.5 Å². The lowest BCUT2D eigenvalue weighted by atomic mass is 9.98. The molecule has 2 N–H and O–H groups in total. The van der Waals surface area contributed by atoms with E-state index in [1.54, 1.807) is 6.20 Å². The van der Waals surface area contributed by atoms with Crippen LogP contribution in [0.4, 0.5) is 11.5 Å². The van der Waals surface area contributed by atoms with Gasteiger partial charge in [0.1, 0.15) is 5.82 Å². The molecule has 0 atom stereocenters. The minimum Gasteiger partial charge on any atom is -0.352 e. The molecule has 1 heterocycles. The van der Waals surface area contributed by atoms with Crippen molar-refractivity contribution < 1.29 is 4.79 Å². The van der Waals surface area contributed by atoms with Crippen molar-refractivity contribution in [1.29, 1.82) is 0 Å². The summed E-state index contributed by atoms with van der Waals surface area (Å²) in [6, 6.07) is 9.96. The van der Waals surface area contributed by atoms with E-state index in [0.717, 1.165) is 24.3 Å². The molecular weight excluding hydrogens is 298 g/mol. The fraction of sp³-hybridized carbons (Fsp3) is 0.400. The van der Waals surface area contributed by atoms with Gasteiger partial charge in [0.05, 0.1) is 5.56 Å². The van der Waals surface area contributed by atoms with E-state index in [4.69, 9.17) is 0 Å². The second-order valence-electron chi connectivity index (χ2n) is 6.36. The Balaban J connectivity index is 2.11. The Bertz CT molecular complexity index is 678. The number of nitrogens with one attached hydrogen (secondary N) is 2. The molecule has 1 amide bonds. The van der Waals surface area contributed by atoms with Crippen molar-refractivity contribution in [2.45, 2.75) is 46.5 Å². The van der Waals surface area contributed by atoms with Crippen molar-refractivity contribution in [2.24, 2.45) is 0 Å². The molecule has 0 bridgehead atoms. The molecule has 1 aromatic carbocycles. The van der Waals surface area contributed by atoms with Crippen LogP contribution in [0.25, 0.3) is 0 Å². The predicted octanol–water partition coefficient (Wildman–Crippen LogP) is 4.79. The van der Waals surface area contributed by atoms with Gasteiger partial charge in [-0.05, 0) is 42.5 Å². The van der Waals surface area contributed by atoms with Crippen LogP contribution in [0.5, 0.6) is 0 Å². The normalized spacial score (nSPS) is 10.7. The maximum Gasteiger partial charge on any atom is 0.252 e. The Morgan fingerprint density at radius 2 is 2.00 bits per heavy atom. The van der Waals surface area contributed by atoms with Crippen LogP contribution in [0, 0.1) is 6.92 Å². The Morgan fingerprint density at radius 3 is 2.62 bits per heavy atom.